The highest BCUT2D eigenvalue weighted by Gasteiger charge is 2.27. The van der Waals surface area contributed by atoms with Crippen LogP contribution in [0.3, 0.4) is 0 Å². The highest BCUT2D eigenvalue weighted by atomic mass is 16.6. The number of amides is 1. The zero-order valence-corrected chi connectivity index (χ0v) is 12.5. The van der Waals surface area contributed by atoms with Crippen molar-refractivity contribution < 1.29 is 9.53 Å². The number of piperidine rings is 1. The van der Waals surface area contributed by atoms with Crippen molar-refractivity contribution in [2.45, 2.75) is 45.6 Å². The molecule has 1 aliphatic heterocycles. The molecule has 0 aromatic carbocycles. The molecule has 1 atom stereocenters. The number of nitrogens with zero attached hydrogens (tertiary/aromatic N) is 2. The Bertz CT molecular complexity index is 271. The van der Waals surface area contributed by atoms with Crippen molar-refractivity contribution in [3.63, 3.8) is 0 Å². The summed E-state index contributed by atoms with van der Waals surface area (Å²) in [4.78, 5) is 16.1. The molecule has 18 heavy (non-hydrogen) atoms. The van der Waals surface area contributed by atoms with E-state index in [0.29, 0.717) is 5.92 Å². The van der Waals surface area contributed by atoms with Crippen LogP contribution in [0.5, 0.6) is 0 Å². The summed E-state index contributed by atoms with van der Waals surface area (Å²) in [5.74, 6) is 0.619. The largest absolute Gasteiger partial charge is 0.444 e. The normalized spacial score (nSPS) is 21.2. The Labute approximate surface area is 111 Å². The molecule has 0 aromatic heterocycles. The average Bonchev–Trinajstić information content (AvgIpc) is 2.24. The van der Waals surface area contributed by atoms with Crippen LogP contribution in [0, 0.1) is 5.92 Å². The van der Waals surface area contributed by atoms with E-state index in [-0.39, 0.29) is 6.09 Å². The molecule has 0 aromatic rings. The maximum Gasteiger partial charge on any atom is 0.410 e. The molecular weight excluding hydrogens is 228 g/mol. The predicted molar refractivity (Wildman–Crippen MR) is 73.7 cm³/mol. The third kappa shape index (κ3) is 5.71. The van der Waals surface area contributed by atoms with Crippen LogP contribution < -0.4 is 0 Å². The number of rotatable bonds is 3. The van der Waals surface area contributed by atoms with Gasteiger partial charge >= 0.3 is 6.09 Å². The van der Waals surface area contributed by atoms with Gasteiger partial charge < -0.3 is 14.5 Å². The van der Waals surface area contributed by atoms with Gasteiger partial charge in [0.25, 0.3) is 0 Å². The van der Waals surface area contributed by atoms with Crippen LogP contribution in [-0.4, -0.2) is 55.2 Å². The quantitative estimate of drug-likeness (QED) is 0.778. The summed E-state index contributed by atoms with van der Waals surface area (Å²) in [7, 11) is 4.18. The van der Waals surface area contributed by atoms with Gasteiger partial charge in [0.1, 0.15) is 5.60 Å². The van der Waals surface area contributed by atoms with E-state index in [0.717, 1.165) is 32.5 Å². The topological polar surface area (TPSA) is 32.8 Å². The van der Waals surface area contributed by atoms with Crippen LogP contribution in [-0.2, 0) is 4.74 Å². The van der Waals surface area contributed by atoms with Crippen LogP contribution in [0.4, 0.5) is 4.79 Å². The van der Waals surface area contributed by atoms with Gasteiger partial charge in [-0.1, -0.05) is 0 Å². The van der Waals surface area contributed by atoms with Crippen LogP contribution in [0.2, 0.25) is 0 Å². The molecule has 0 spiro atoms. The predicted octanol–water partition coefficient (Wildman–Crippen LogP) is 2.59. The number of carbonyl (C=O) groups is 1. The fourth-order valence-corrected chi connectivity index (χ4v) is 2.23. The molecule has 1 saturated heterocycles. The maximum absolute atomic E-state index is 12.0. The first-order valence-electron chi connectivity index (χ1n) is 6.90. The summed E-state index contributed by atoms with van der Waals surface area (Å²) in [6.45, 7) is 8.53. The second kappa shape index (κ2) is 6.41. The Balaban J connectivity index is 2.40. The summed E-state index contributed by atoms with van der Waals surface area (Å²) < 4.78 is 5.43. The second-order valence-corrected chi connectivity index (χ2v) is 6.53. The molecule has 0 radical (unpaired) electrons. The van der Waals surface area contributed by atoms with Gasteiger partial charge in [-0.15, -0.1) is 0 Å². The third-order valence-electron chi connectivity index (χ3n) is 3.16. The van der Waals surface area contributed by atoms with Crippen LogP contribution in [0.1, 0.15) is 40.0 Å². The van der Waals surface area contributed by atoms with Crippen molar-refractivity contribution in [2.24, 2.45) is 5.92 Å². The highest BCUT2D eigenvalue weighted by molar-refractivity contribution is 5.68. The van der Waals surface area contributed by atoms with Crippen LogP contribution in [0.25, 0.3) is 0 Å². The lowest BCUT2D eigenvalue weighted by Gasteiger charge is -2.34. The summed E-state index contributed by atoms with van der Waals surface area (Å²) in [6.07, 6.45) is 3.33. The molecule has 1 heterocycles. The molecule has 0 saturated carbocycles. The minimum absolute atomic E-state index is 0.156. The van der Waals surface area contributed by atoms with Crippen molar-refractivity contribution in [1.29, 1.82) is 0 Å². The highest BCUT2D eigenvalue weighted by Crippen LogP contribution is 2.21. The number of hydrogen-bond acceptors (Lipinski definition) is 3. The number of ether oxygens (including phenoxy) is 1. The van der Waals surface area contributed by atoms with E-state index in [9.17, 15) is 4.79 Å². The van der Waals surface area contributed by atoms with E-state index < -0.39 is 5.60 Å². The lowest BCUT2D eigenvalue weighted by atomic mass is 9.95. The van der Waals surface area contributed by atoms with Crippen molar-refractivity contribution >= 4 is 6.09 Å². The van der Waals surface area contributed by atoms with E-state index in [1.807, 2.05) is 25.7 Å². The SMILES string of the molecule is CN(C)CC[C@H]1CCCN(C(=O)OC(C)(C)C)C1. The first kappa shape index (κ1) is 15.3. The zero-order valence-electron chi connectivity index (χ0n) is 12.5. The monoisotopic (exact) mass is 256 g/mol. The van der Waals surface area contributed by atoms with Crippen molar-refractivity contribution in [2.75, 3.05) is 33.7 Å². The van der Waals surface area contributed by atoms with Gasteiger partial charge in [-0.3, -0.25) is 0 Å². The Morgan fingerprint density at radius 1 is 1.39 bits per heavy atom. The molecule has 0 aliphatic carbocycles. The first-order chi connectivity index (χ1) is 8.28. The lowest BCUT2D eigenvalue weighted by Crippen LogP contribution is -2.43. The zero-order chi connectivity index (χ0) is 13.8. The molecule has 1 fully saturated rings. The maximum atomic E-state index is 12.0. The molecular formula is C14H28N2O2. The van der Waals surface area contributed by atoms with E-state index in [1.54, 1.807) is 0 Å². The molecule has 1 rings (SSSR count). The molecule has 1 amide bonds. The standard InChI is InChI=1S/C14H28N2O2/c1-14(2,3)18-13(17)16-9-6-7-12(11-16)8-10-15(4)5/h12H,6-11H2,1-5H3/t12-/m1/s1. The van der Waals surface area contributed by atoms with Gasteiger partial charge in [-0.2, -0.15) is 0 Å². The minimum Gasteiger partial charge on any atom is -0.444 e. The Kier molecular flexibility index (Phi) is 5.45. The number of likely N-dealkylation sites (tertiary alicyclic amines) is 1. The van der Waals surface area contributed by atoms with Gasteiger partial charge in [-0.25, -0.2) is 4.79 Å². The Morgan fingerprint density at radius 3 is 2.61 bits per heavy atom. The van der Waals surface area contributed by atoms with Crippen molar-refractivity contribution in [3.05, 3.63) is 0 Å². The first-order valence-corrected chi connectivity index (χ1v) is 6.90. The molecule has 0 N–H and O–H groups in total. The Hall–Kier alpha value is -0.770. The molecule has 4 nitrogen and oxygen atoms in total. The fourth-order valence-electron chi connectivity index (χ4n) is 2.23. The lowest BCUT2D eigenvalue weighted by molar-refractivity contribution is 0.0159. The summed E-state index contributed by atoms with van der Waals surface area (Å²) >= 11 is 0. The van der Waals surface area contributed by atoms with E-state index >= 15 is 0 Å². The Morgan fingerprint density at radius 2 is 2.06 bits per heavy atom. The van der Waals surface area contributed by atoms with Crippen molar-refractivity contribution in [1.82, 2.24) is 9.80 Å². The summed E-state index contributed by atoms with van der Waals surface area (Å²) in [6, 6.07) is 0. The number of carbonyl (C=O) groups excluding carboxylic acids is 1. The molecule has 106 valence electrons. The smallest absolute Gasteiger partial charge is 0.410 e. The molecule has 1 aliphatic rings. The van der Waals surface area contributed by atoms with Gasteiger partial charge in [0.05, 0.1) is 0 Å². The van der Waals surface area contributed by atoms with Gasteiger partial charge in [0, 0.05) is 13.1 Å². The summed E-state index contributed by atoms with van der Waals surface area (Å²) in [5.41, 5.74) is -0.395. The van der Waals surface area contributed by atoms with Crippen LogP contribution >= 0.6 is 0 Å². The van der Waals surface area contributed by atoms with Crippen LogP contribution in [0.15, 0.2) is 0 Å². The molecule has 0 unspecified atom stereocenters. The van der Waals surface area contributed by atoms with Gasteiger partial charge in [0.2, 0.25) is 0 Å². The fraction of sp³-hybridized carbons (Fsp3) is 0.929. The summed E-state index contributed by atoms with van der Waals surface area (Å²) in [5, 5.41) is 0. The molecule has 0 bridgehead atoms. The van der Waals surface area contributed by atoms with Crippen molar-refractivity contribution in [3.8, 4) is 0 Å². The van der Waals surface area contributed by atoms with E-state index in [1.165, 1.54) is 6.42 Å². The second-order valence-electron chi connectivity index (χ2n) is 6.53. The van der Waals surface area contributed by atoms with E-state index in [4.69, 9.17) is 4.74 Å². The van der Waals surface area contributed by atoms with Gasteiger partial charge in [-0.05, 0) is 66.6 Å². The molecule has 4 heteroatoms. The number of hydrogen-bond donors (Lipinski definition) is 0. The average molecular weight is 256 g/mol. The van der Waals surface area contributed by atoms with Gasteiger partial charge in [0.15, 0.2) is 0 Å². The third-order valence-corrected chi connectivity index (χ3v) is 3.16. The minimum atomic E-state index is -0.395. The van der Waals surface area contributed by atoms with E-state index in [2.05, 4.69) is 19.0 Å².